The molecule has 0 saturated carbocycles. The Morgan fingerprint density at radius 2 is 2.04 bits per heavy atom. The molecule has 3 rings (SSSR count). The number of nitrogens with zero attached hydrogens (tertiary/aromatic N) is 1. The molecule has 23 heavy (non-hydrogen) atoms. The second-order valence-electron chi connectivity index (χ2n) is 4.89. The van der Waals surface area contributed by atoms with E-state index in [-0.39, 0.29) is 11.6 Å². The number of benzene rings is 2. The molecule has 2 aromatic carbocycles. The molecule has 0 fully saturated rings. The summed E-state index contributed by atoms with van der Waals surface area (Å²) in [5, 5.41) is 13.6. The summed E-state index contributed by atoms with van der Waals surface area (Å²) in [5.74, 6) is 0.395. The van der Waals surface area contributed by atoms with Gasteiger partial charge in [0.1, 0.15) is 5.75 Å². The van der Waals surface area contributed by atoms with Crippen molar-refractivity contribution < 1.29 is 14.5 Å². The van der Waals surface area contributed by atoms with E-state index in [0.29, 0.717) is 22.6 Å². The predicted molar refractivity (Wildman–Crippen MR) is 90.3 cm³/mol. The fraction of sp³-hybridized carbons (Fsp3) is 0.0625. The molecule has 1 N–H and O–H groups in total. The lowest BCUT2D eigenvalue weighted by molar-refractivity contribution is -0.384. The summed E-state index contributed by atoms with van der Waals surface area (Å²) in [6.45, 7) is 0. The van der Waals surface area contributed by atoms with E-state index in [9.17, 15) is 14.9 Å². The van der Waals surface area contributed by atoms with Crippen LogP contribution in [0.1, 0.15) is 11.1 Å². The normalized spacial score (nSPS) is 14.5. The summed E-state index contributed by atoms with van der Waals surface area (Å²) in [7, 11) is 1.57. The van der Waals surface area contributed by atoms with E-state index >= 15 is 0 Å². The third-order valence-electron chi connectivity index (χ3n) is 3.48. The lowest BCUT2D eigenvalue weighted by Gasteiger charge is -2.04. The Morgan fingerprint density at radius 1 is 1.26 bits per heavy atom. The van der Waals surface area contributed by atoms with Crippen molar-refractivity contribution in [2.24, 2.45) is 0 Å². The molecule has 1 aliphatic heterocycles. The topological polar surface area (TPSA) is 81.5 Å². The Kier molecular flexibility index (Phi) is 3.87. The maximum atomic E-state index is 12.1. The van der Waals surface area contributed by atoms with Crippen LogP contribution in [0.5, 0.6) is 5.75 Å². The van der Waals surface area contributed by atoms with Crippen molar-refractivity contribution in [1.29, 1.82) is 0 Å². The van der Waals surface area contributed by atoms with Crippen LogP contribution in [0.25, 0.3) is 11.6 Å². The Balaban J connectivity index is 2.07. The number of anilines is 1. The number of nitro groups is 1. The van der Waals surface area contributed by atoms with Crippen molar-refractivity contribution >= 4 is 44.9 Å². The van der Waals surface area contributed by atoms with Gasteiger partial charge in [-0.1, -0.05) is 6.07 Å². The van der Waals surface area contributed by atoms with Crippen LogP contribution in [0.4, 0.5) is 11.4 Å². The number of carbonyl (C=O) groups is 1. The first-order chi connectivity index (χ1) is 11.0. The molecule has 0 atom stereocenters. The van der Waals surface area contributed by atoms with Crippen molar-refractivity contribution in [1.82, 2.24) is 0 Å². The van der Waals surface area contributed by atoms with Gasteiger partial charge in [-0.15, -0.1) is 0 Å². The van der Waals surface area contributed by atoms with Crippen molar-refractivity contribution in [3.8, 4) is 5.75 Å². The van der Waals surface area contributed by atoms with Gasteiger partial charge in [-0.25, -0.2) is 0 Å². The van der Waals surface area contributed by atoms with E-state index in [1.54, 1.807) is 25.3 Å². The highest BCUT2D eigenvalue weighted by Crippen LogP contribution is 2.36. The van der Waals surface area contributed by atoms with Gasteiger partial charge < -0.3 is 10.1 Å². The van der Waals surface area contributed by atoms with Gasteiger partial charge in [0.05, 0.1) is 16.5 Å². The molecule has 1 amide bonds. The van der Waals surface area contributed by atoms with Crippen LogP contribution in [-0.2, 0) is 4.79 Å². The minimum Gasteiger partial charge on any atom is -0.496 e. The van der Waals surface area contributed by atoms with E-state index in [1.807, 2.05) is 6.07 Å². The maximum absolute atomic E-state index is 12.1. The molecular formula is C16H11BrN2O4. The quantitative estimate of drug-likeness (QED) is 0.502. The smallest absolute Gasteiger partial charge is 0.270 e. The van der Waals surface area contributed by atoms with Crippen molar-refractivity contribution in [2.75, 3.05) is 12.4 Å². The number of fused-ring (bicyclic) bond motifs is 1. The number of non-ortho nitro benzene ring substituents is 1. The molecule has 0 spiro atoms. The van der Waals surface area contributed by atoms with E-state index in [1.165, 1.54) is 18.2 Å². The maximum Gasteiger partial charge on any atom is 0.270 e. The van der Waals surface area contributed by atoms with Crippen LogP contribution in [0, 0.1) is 10.1 Å². The van der Waals surface area contributed by atoms with E-state index in [2.05, 4.69) is 21.2 Å². The number of rotatable bonds is 3. The Hall–Kier alpha value is -2.67. The highest BCUT2D eigenvalue weighted by Gasteiger charge is 2.26. The molecule has 0 aromatic heterocycles. The first-order valence-corrected chi connectivity index (χ1v) is 7.44. The number of hydrogen-bond acceptors (Lipinski definition) is 4. The average Bonchev–Trinajstić information content (AvgIpc) is 2.83. The van der Waals surface area contributed by atoms with Crippen molar-refractivity contribution in [2.45, 2.75) is 0 Å². The summed E-state index contributed by atoms with van der Waals surface area (Å²) in [5.41, 5.74) is 2.21. The van der Waals surface area contributed by atoms with Crippen molar-refractivity contribution in [3.05, 3.63) is 62.1 Å². The average molecular weight is 375 g/mol. The Bertz CT molecular complexity index is 861. The zero-order chi connectivity index (χ0) is 16.6. The molecule has 1 heterocycles. The third kappa shape index (κ3) is 2.83. The van der Waals surface area contributed by atoms with Gasteiger partial charge in [-0.3, -0.25) is 14.9 Å². The number of methoxy groups -OCH3 is 1. The molecule has 0 unspecified atom stereocenters. The highest BCUT2D eigenvalue weighted by molar-refractivity contribution is 9.10. The minimum atomic E-state index is -0.481. The molecule has 0 radical (unpaired) electrons. The SMILES string of the molecule is COc1ccc(/C=C2/C(=O)Nc3ccc([N+](=O)[O-])cc32)cc1Br. The second kappa shape index (κ2) is 5.85. The van der Waals surface area contributed by atoms with Crippen LogP contribution < -0.4 is 10.1 Å². The summed E-state index contributed by atoms with van der Waals surface area (Å²) in [6, 6.07) is 9.70. The van der Waals surface area contributed by atoms with Crippen LogP contribution >= 0.6 is 15.9 Å². The van der Waals surface area contributed by atoms with E-state index in [4.69, 9.17) is 4.74 Å². The lowest BCUT2D eigenvalue weighted by atomic mass is 10.0. The number of amides is 1. The summed E-state index contributed by atoms with van der Waals surface area (Å²) in [4.78, 5) is 22.6. The van der Waals surface area contributed by atoms with Crippen molar-refractivity contribution in [3.63, 3.8) is 0 Å². The second-order valence-corrected chi connectivity index (χ2v) is 5.75. The van der Waals surface area contributed by atoms with E-state index in [0.717, 1.165) is 10.0 Å². The molecule has 6 nitrogen and oxygen atoms in total. The van der Waals surface area contributed by atoms with Gasteiger partial charge in [0, 0.05) is 29.0 Å². The number of nitro benzene ring substituents is 1. The molecule has 2 aromatic rings. The third-order valence-corrected chi connectivity index (χ3v) is 4.10. The highest BCUT2D eigenvalue weighted by atomic mass is 79.9. The van der Waals surface area contributed by atoms with Gasteiger partial charge >= 0.3 is 0 Å². The fourth-order valence-corrected chi connectivity index (χ4v) is 2.93. The predicted octanol–water partition coefficient (Wildman–Crippen LogP) is 3.86. The van der Waals surface area contributed by atoms with Crippen LogP contribution in [0.3, 0.4) is 0 Å². The van der Waals surface area contributed by atoms with Crippen LogP contribution in [0.2, 0.25) is 0 Å². The van der Waals surface area contributed by atoms with Gasteiger partial charge in [-0.2, -0.15) is 0 Å². The molecule has 0 aliphatic carbocycles. The Morgan fingerprint density at radius 3 is 2.70 bits per heavy atom. The zero-order valence-electron chi connectivity index (χ0n) is 12.0. The van der Waals surface area contributed by atoms with Crippen LogP contribution in [-0.4, -0.2) is 17.9 Å². The number of carbonyl (C=O) groups excluding carboxylic acids is 1. The van der Waals surface area contributed by atoms with Crippen LogP contribution in [0.15, 0.2) is 40.9 Å². The first kappa shape index (κ1) is 15.2. The Labute approximate surface area is 140 Å². The standard InChI is InChI=1S/C16H11BrN2O4/c1-23-15-5-2-9(7-13(15)17)6-12-11-8-10(19(21)22)3-4-14(11)18-16(12)20/h2-8H,1H3,(H,18,20)/b12-6+. The molecule has 1 aliphatic rings. The first-order valence-electron chi connectivity index (χ1n) is 6.65. The zero-order valence-corrected chi connectivity index (χ0v) is 13.6. The number of halogens is 1. The summed E-state index contributed by atoms with van der Waals surface area (Å²) >= 11 is 3.39. The molecule has 0 saturated heterocycles. The lowest BCUT2D eigenvalue weighted by Crippen LogP contribution is -2.03. The van der Waals surface area contributed by atoms with Gasteiger partial charge in [0.2, 0.25) is 0 Å². The summed E-state index contributed by atoms with van der Waals surface area (Å²) < 4.78 is 5.92. The monoisotopic (exact) mass is 374 g/mol. The number of nitrogens with one attached hydrogen (secondary N) is 1. The minimum absolute atomic E-state index is 0.0536. The van der Waals surface area contributed by atoms with Gasteiger partial charge in [-0.05, 0) is 45.8 Å². The molecule has 116 valence electrons. The number of hydrogen-bond donors (Lipinski definition) is 1. The fourth-order valence-electron chi connectivity index (χ4n) is 2.37. The van der Waals surface area contributed by atoms with Gasteiger partial charge in [0.25, 0.3) is 11.6 Å². The van der Waals surface area contributed by atoms with E-state index < -0.39 is 4.92 Å². The number of ether oxygens (including phenoxy) is 1. The molecule has 0 bridgehead atoms. The van der Waals surface area contributed by atoms with Gasteiger partial charge in [0.15, 0.2) is 0 Å². The largest absolute Gasteiger partial charge is 0.496 e. The molecular weight excluding hydrogens is 364 g/mol. The summed E-state index contributed by atoms with van der Waals surface area (Å²) in [6.07, 6.45) is 1.69. The molecule has 7 heteroatoms.